The summed E-state index contributed by atoms with van der Waals surface area (Å²) in [4.78, 5) is 15.6. The van der Waals surface area contributed by atoms with Crippen molar-refractivity contribution in [1.82, 2.24) is 4.98 Å². The van der Waals surface area contributed by atoms with Gasteiger partial charge in [0.1, 0.15) is 5.01 Å². The SMILES string of the molecule is Cc1ccc2sc(-c3cccc(C(=O)O)c3)nc2c1. The van der Waals surface area contributed by atoms with E-state index in [-0.39, 0.29) is 5.56 Å². The molecule has 1 aromatic heterocycles. The van der Waals surface area contributed by atoms with Crippen LogP contribution in [-0.4, -0.2) is 16.1 Å². The van der Waals surface area contributed by atoms with Crippen LogP contribution in [0.5, 0.6) is 0 Å². The Kier molecular flexibility index (Phi) is 2.80. The fraction of sp³-hybridized carbons (Fsp3) is 0.0667. The van der Waals surface area contributed by atoms with Crippen molar-refractivity contribution in [3.05, 3.63) is 53.6 Å². The summed E-state index contributed by atoms with van der Waals surface area (Å²) in [5, 5.41) is 9.87. The van der Waals surface area contributed by atoms with Crippen molar-refractivity contribution in [3.8, 4) is 10.6 Å². The topological polar surface area (TPSA) is 50.2 Å². The average molecular weight is 269 g/mol. The van der Waals surface area contributed by atoms with Crippen molar-refractivity contribution in [1.29, 1.82) is 0 Å². The van der Waals surface area contributed by atoms with E-state index in [1.165, 1.54) is 5.56 Å². The first-order valence-corrected chi connectivity index (χ1v) is 6.66. The van der Waals surface area contributed by atoms with E-state index in [9.17, 15) is 4.79 Å². The first kappa shape index (κ1) is 11.9. The highest BCUT2D eigenvalue weighted by atomic mass is 32.1. The standard InChI is InChI=1S/C15H11NO2S/c1-9-5-6-13-12(7-9)16-14(19-13)10-3-2-4-11(8-10)15(17)18/h2-8H,1H3,(H,17,18). The molecule has 0 aliphatic carbocycles. The highest BCUT2D eigenvalue weighted by molar-refractivity contribution is 7.21. The van der Waals surface area contributed by atoms with Gasteiger partial charge >= 0.3 is 5.97 Å². The first-order valence-electron chi connectivity index (χ1n) is 5.84. The summed E-state index contributed by atoms with van der Waals surface area (Å²) in [6.45, 7) is 2.03. The number of fused-ring (bicyclic) bond motifs is 1. The number of hydrogen-bond acceptors (Lipinski definition) is 3. The lowest BCUT2D eigenvalue weighted by molar-refractivity contribution is 0.0697. The van der Waals surface area contributed by atoms with Gasteiger partial charge in [0.25, 0.3) is 0 Å². The summed E-state index contributed by atoms with van der Waals surface area (Å²) in [6, 6.07) is 13.0. The lowest BCUT2D eigenvalue weighted by Gasteiger charge is -1.97. The number of aromatic carboxylic acids is 1. The van der Waals surface area contributed by atoms with E-state index in [2.05, 4.69) is 11.1 Å². The summed E-state index contributed by atoms with van der Waals surface area (Å²) in [5.74, 6) is -0.918. The maximum Gasteiger partial charge on any atom is 0.335 e. The van der Waals surface area contributed by atoms with E-state index in [4.69, 9.17) is 5.11 Å². The largest absolute Gasteiger partial charge is 0.478 e. The van der Waals surface area contributed by atoms with Crippen LogP contribution in [0.15, 0.2) is 42.5 Å². The summed E-state index contributed by atoms with van der Waals surface area (Å²) >= 11 is 1.58. The van der Waals surface area contributed by atoms with Gasteiger partial charge in [-0.3, -0.25) is 0 Å². The van der Waals surface area contributed by atoms with Crippen LogP contribution >= 0.6 is 11.3 Å². The first-order chi connectivity index (χ1) is 9.13. The molecule has 4 heteroatoms. The van der Waals surface area contributed by atoms with E-state index in [1.807, 2.05) is 25.1 Å². The molecule has 2 aromatic carbocycles. The lowest BCUT2D eigenvalue weighted by atomic mass is 10.1. The number of benzene rings is 2. The highest BCUT2D eigenvalue weighted by Crippen LogP contribution is 2.30. The van der Waals surface area contributed by atoms with Crippen molar-refractivity contribution in [2.24, 2.45) is 0 Å². The van der Waals surface area contributed by atoms with Crippen LogP contribution in [0.4, 0.5) is 0 Å². The van der Waals surface area contributed by atoms with Crippen LogP contribution in [-0.2, 0) is 0 Å². The Balaban J connectivity index is 2.13. The Bertz CT molecular complexity index is 777. The molecule has 0 amide bonds. The maximum atomic E-state index is 11.0. The normalized spacial score (nSPS) is 10.8. The Morgan fingerprint density at radius 2 is 2.05 bits per heavy atom. The molecular weight excluding hydrogens is 258 g/mol. The molecule has 0 spiro atoms. The van der Waals surface area contributed by atoms with Gasteiger partial charge in [-0.05, 0) is 36.8 Å². The molecule has 0 radical (unpaired) electrons. The third kappa shape index (κ3) is 2.22. The predicted molar refractivity (Wildman–Crippen MR) is 76.8 cm³/mol. The minimum atomic E-state index is -0.918. The molecule has 0 aliphatic heterocycles. The number of carboxylic acid groups (broad SMARTS) is 1. The minimum absolute atomic E-state index is 0.285. The van der Waals surface area contributed by atoms with Crippen LogP contribution in [0.2, 0.25) is 0 Å². The number of hydrogen-bond donors (Lipinski definition) is 1. The van der Waals surface area contributed by atoms with Crippen LogP contribution < -0.4 is 0 Å². The lowest BCUT2D eigenvalue weighted by Crippen LogP contribution is -1.95. The zero-order valence-electron chi connectivity index (χ0n) is 10.3. The molecular formula is C15H11NO2S. The molecule has 1 heterocycles. The van der Waals surface area contributed by atoms with E-state index in [0.29, 0.717) is 0 Å². The van der Waals surface area contributed by atoms with Gasteiger partial charge in [-0.1, -0.05) is 18.2 Å². The van der Waals surface area contributed by atoms with Crippen LogP contribution in [0.1, 0.15) is 15.9 Å². The Labute approximate surface area is 114 Å². The third-order valence-electron chi connectivity index (χ3n) is 2.90. The van der Waals surface area contributed by atoms with Gasteiger partial charge < -0.3 is 5.11 Å². The van der Waals surface area contributed by atoms with Gasteiger partial charge in [0.2, 0.25) is 0 Å². The number of nitrogens with zero attached hydrogens (tertiary/aromatic N) is 1. The molecule has 0 unspecified atom stereocenters. The Morgan fingerprint density at radius 3 is 2.84 bits per heavy atom. The zero-order valence-corrected chi connectivity index (χ0v) is 11.1. The van der Waals surface area contributed by atoms with E-state index in [0.717, 1.165) is 20.8 Å². The van der Waals surface area contributed by atoms with Crippen molar-refractivity contribution in [2.45, 2.75) is 6.92 Å². The molecule has 3 aromatic rings. The van der Waals surface area contributed by atoms with Crippen molar-refractivity contribution >= 4 is 27.5 Å². The molecule has 3 rings (SSSR count). The molecule has 19 heavy (non-hydrogen) atoms. The molecule has 0 bridgehead atoms. The Morgan fingerprint density at radius 1 is 1.21 bits per heavy atom. The second kappa shape index (κ2) is 4.48. The average Bonchev–Trinajstić information content (AvgIpc) is 2.81. The second-order valence-corrected chi connectivity index (χ2v) is 5.41. The van der Waals surface area contributed by atoms with Crippen molar-refractivity contribution in [2.75, 3.05) is 0 Å². The number of carboxylic acids is 1. The number of carbonyl (C=O) groups is 1. The number of aryl methyl sites for hydroxylation is 1. The van der Waals surface area contributed by atoms with Crippen LogP contribution in [0.25, 0.3) is 20.8 Å². The van der Waals surface area contributed by atoms with Gasteiger partial charge in [0, 0.05) is 5.56 Å². The predicted octanol–water partition coefficient (Wildman–Crippen LogP) is 3.97. The summed E-state index contributed by atoms with van der Waals surface area (Å²) in [6.07, 6.45) is 0. The molecule has 94 valence electrons. The quantitative estimate of drug-likeness (QED) is 0.765. The minimum Gasteiger partial charge on any atom is -0.478 e. The van der Waals surface area contributed by atoms with E-state index in [1.54, 1.807) is 29.5 Å². The molecule has 3 nitrogen and oxygen atoms in total. The van der Waals surface area contributed by atoms with Gasteiger partial charge in [-0.15, -0.1) is 11.3 Å². The number of aromatic nitrogens is 1. The smallest absolute Gasteiger partial charge is 0.335 e. The molecule has 0 saturated carbocycles. The van der Waals surface area contributed by atoms with Gasteiger partial charge in [-0.2, -0.15) is 0 Å². The number of rotatable bonds is 2. The van der Waals surface area contributed by atoms with Gasteiger partial charge in [-0.25, -0.2) is 9.78 Å². The van der Waals surface area contributed by atoms with Gasteiger partial charge in [0.05, 0.1) is 15.8 Å². The molecule has 0 fully saturated rings. The fourth-order valence-electron chi connectivity index (χ4n) is 1.95. The van der Waals surface area contributed by atoms with Crippen molar-refractivity contribution < 1.29 is 9.90 Å². The number of thiazole rings is 1. The van der Waals surface area contributed by atoms with Gasteiger partial charge in [0.15, 0.2) is 0 Å². The van der Waals surface area contributed by atoms with Crippen molar-refractivity contribution in [3.63, 3.8) is 0 Å². The summed E-state index contributed by atoms with van der Waals surface area (Å²) in [7, 11) is 0. The zero-order chi connectivity index (χ0) is 13.4. The highest BCUT2D eigenvalue weighted by Gasteiger charge is 2.09. The fourth-order valence-corrected chi connectivity index (χ4v) is 2.89. The van der Waals surface area contributed by atoms with E-state index < -0.39 is 5.97 Å². The monoisotopic (exact) mass is 269 g/mol. The molecule has 0 saturated heterocycles. The summed E-state index contributed by atoms with van der Waals surface area (Å²) < 4.78 is 1.11. The van der Waals surface area contributed by atoms with Crippen LogP contribution in [0, 0.1) is 6.92 Å². The Hall–Kier alpha value is -2.20. The summed E-state index contributed by atoms with van der Waals surface area (Å²) in [5.41, 5.74) is 3.26. The third-order valence-corrected chi connectivity index (χ3v) is 3.99. The van der Waals surface area contributed by atoms with Crippen LogP contribution in [0.3, 0.4) is 0 Å². The molecule has 0 aliphatic rings. The molecule has 0 atom stereocenters. The molecule has 1 N–H and O–H groups in total. The van der Waals surface area contributed by atoms with E-state index >= 15 is 0 Å². The maximum absolute atomic E-state index is 11.0. The second-order valence-electron chi connectivity index (χ2n) is 4.38.